The van der Waals surface area contributed by atoms with E-state index in [-0.39, 0.29) is 5.41 Å². The first-order chi connectivity index (χ1) is 7.95. The maximum Gasteiger partial charge on any atom is 0.0724 e. The molecular formula is C15H21BrO. The van der Waals surface area contributed by atoms with Gasteiger partial charge in [0.1, 0.15) is 0 Å². The number of rotatable bonds is 4. The molecule has 1 aromatic rings. The van der Waals surface area contributed by atoms with Crippen LogP contribution >= 0.6 is 15.9 Å². The number of benzene rings is 1. The van der Waals surface area contributed by atoms with Gasteiger partial charge >= 0.3 is 0 Å². The molecule has 1 rings (SSSR count). The van der Waals surface area contributed by atoms with E-state index in [4.69, 9.17) is 4.74 Å². The van der Waals surface area contributed by atoms with Crippen LogP contribution in [-0.2, 0) is 16.8 Å². The highest BCUT2D eigenvalue weighted by atomic mass is 79.9. The van der Waals surface area contributed by atoms with Crippen molar-refractivity contribution < 1.29 is 4.74 Å². The van der Waals surface area contributed by atoms with Gasteiger partial charge in [-0.3, -0.25) is 0 Å². The molecule has 0 aliphatic carbocycles. The zero-order valence-electron chi connectivity index (χ0n) is 11.1. The molecule has 0 atom stereocenters. The molecule has 0 aliphatic rings. The van der Waals surface area contributed by atoms with Gasteiger partial charge < -0.3 is 4.74 Å². The lowest BCUT2D eigenvalue weighted by molar-refractivity contribution is 0.147. The topological polar surface area (TPSA) is 9.23 Å². The van der Waals surface area contributed by atoms with E-state index in [1.165, 1.54) is 11.1 Å². The summed E-state index contributed by atoms with van der Waals surface area (Å²) in [5.41, 5.74) is 2.75. The summed E-state index contributed by atoms with van der Waals surface area (Å²) < 4.78 is 6.76. The van der Waals surface area contributed by atoms with Gasteiger partial charge in [-0.1, -0.05) is 54.9 Å². The van der Waals surface area contributed by atoms with Gasteiger partial charge in [0, 0.05) is 4.47 Å². The van der Waals surface area contributed by atoms with Crippen LogP contribution < -0.4 is 0 Å². The first-order valence-electron chi connectivity index (χ1n) is 5.93. The minimum atomic E-state index is 0.142. The summed E-state index contributed by atoms with van der Waals surface area (Å²) in [6.07, 6.45) is 4.03. The Bertz CT molecular complexity index is 388. The second-order valence-electron chi connectivity index (χ2n) is 5.14. The molecular weight excluding hydrogens is 276 g/mol. The fraction of sp³-hybridized carbons (Fsp3) is 0.467. The molecule has 0 amide bonds. The highest BCUT2D eigenvalue weighted by molar-refractivity contribution is 9.10. The van der Waals surface area contributed by atoms with Gasteiger partial charge in [0.05, 0.1) is 13.2 Å². The van der Waals surface area contributed by atoms with Crippen LogP contribution in [0, 0.1) is 0 Å². The van der Waals surface area contributed by atoms with E-state index in [0.717, 1.165) is 4.47 Å². The number of halogens is 1. The van der Waals surface area contributed by atoms with Gasteiger partial charge in [0.15, 0.2) is 0 Å². The molecule has 1 aromatic carbocycles. The summed E-state index contributed by atoms with van der Waals surface area (Å²) >= 11 is 3.53. The lowest BCUT2D eigenvalue weighted by Gasteiger charge is -2.23. The summed E-state index contributed by atoms with van der Waals surface area (Å²) in [6, 6.07) is 6.40. The van der Waals surface area contributed by atoms with Crippen LogP contribution in [-0.4, -0.2) is 6.61 Å². The first kappa shape index (κ1) is 14.5. The fourth-order valence-electron chi connectivity index (χ4n) is 1.71. The molecule has 17 heavy (non-hydrogen) atoms. The molecule has 0 bridgehead atoms. The molecule has 0 saturated heterocycles. The molecule has 0 fully saturated rings. The van der Waals surface area contributed by atoms with Crippen molar-refractivity contribution in [3.05, 3.63) is 46.0 Å². The minimum absolute atomic E-state index is 0.142. The zero-order valence-corrected chi connectivity index (χ0v) is 12.7. The molecule has 1 nitrogen and oxygen atoms in total. The van der Waals surface area contributed by atoms with Crippen LogP contribution in [0.25, 0.3) is 0 Å². The lowest BCUT2D eigenvalue weighted by Crippen LogP contribution is -2.15. The van der Waals surface area contributed by atoms with E-state index in [0.29, 0.717) is 13.2 Å². The lowest BCUT2D eigenvalue weighted by atomic mass is 9.84. The Labute approximate surface area is 113 Å². The molecule has 0 aromatic heterocycles. The third-order valence-electron chi connectivity index (χ3n) is 2.59. The Morgan fingerprint density at radius 1 is 1.29 bits per heavy atom. The maximum absolute atomic E-state index is 5.63. The Hall–Kier alpha value is -0.600. The molecule has 0 unspecified atom stereocenters. The number of allylic oxidation sites excluding steroid dienone is 1. The average Bonchev–Trinajstić information content (AvgIpc) is 2.25. The minimum Gasteiger partial charge on any atom is -0.373 e. The number of ether oxygens (including phenoxy) is 1. The third-order valence-corrected chi connectivity index (χ3v) is 3.08. The van der Waals surface area contributed by atoms with Gasteiger partial charge in [-0.2, -0.15) is 0 Å². The van der Waals surface area contributed by atoms with Gasteiger partial charge in [-0.15, -0.1) is 0 Å². The molecule has 0 spiro atoms. The predicted molar refractivity (Wildman–Crippen MR) is 77.3 cm³/mol. The SMILES string of the molecule is C/C=C/COCc1ccc(Br)cc1C(C)(C)C. The summed E-state index contributed by atoms with van der Waals surface area (Å²) in [4.78, 5) is 0. The normalized spacial score (nSPS) is 12.3. The van der Waals surface area contributed by atoms with Crippen LogP contribution in [0.3, 0.4) is 0 Å². The van der Waals surface area contributed by atoms with Gasteiger partial charge in [-0.25, -0.2) is 0 Å². The zero-order chi connectivity index (χ0) is 12.9. The summed E-state index contributed by atoms with van der Waals surface area (Å²) in [7, 11) is 0. The number of hydrogen-bond acceptors (Lipinski definition) is 1. The molecule has 0 radical (unpaired) electrons. The smallest absolute Gasteiger partial charge is 0.0724 e. The number of hydrogen-bond donors (Lipinski definition) is 0. The van der Waals surface area contributed by atoms with Crippen LogP contribution in [0.2, 0.25) is 0 Å². The molecule has 2 heteroatoms. The standard InChI is InChI=1S/C15H21BrO/c1-5-6-9-17-11-12-7-8-13(16)10-14(12)15(2,3)4/h5-8,10H,9,11H2,1-4H3/b6-5+. The largest absolute Gasteiger partial charge is 0.373 e. The third kappa shape index (κ3) is 4.64. The van der Waals surface area contributed by atoms with Crippen molar-refractivity contribution in [2.24, 2.45) is 0 Å². The second kappa shape index (κ2) is 6.36. The Morgan fingerprint density at radius 3 is 2.59 bits per heavy atom. The maximum atomic E-state index is 5.63. The van der Waals surface area contributed by atoms with Gasteiger partial charge in [-0.05, 0) is 35.6 Å². The molecule has 0 saturated carbocycles. The van der Waals surface area contributed by atoms with Crippen molar-refractivity contribution in [1.82, 2.24) is 0 Å². The predicted octanol–water partition coefficient (Wildman–Crippen LogP) is 4.84. The summed E-state index contributed by atoms with van der Waals surface area (Å²) in [5, 5.41) is 0. The van der Waals surface area contributed by atoms with E-state index in [9.17, 15) is 0 Å². The quantitative estimate of drug-likeness (QED) is 0.571. The van der Waals surface area contributed by atoms with Crippen LogP contribution in [0.1, 0.15) is 38.8 Å². The van der Waals surface area contributed by atoms with Crippen molar-refractivity contribution >= 4 is 15.9 Å². The first-order valence-corrected chi connectivity index (χ1v) is 6.72. The van der Waals surface area contributed by atoms with Gasteiger partial charge in [0.2, 0.25) is 0 Å². The van der Waals surface area contributed by atoms with Crippen molar-refractivity contribution in [2.75, 3.05) is 6.61 Å². The average molecular weight is 297 g/mol. The van der Waals surface area contributed by atoms with E-state index >= 15 is 0 Å². The Balaban J connectivity index is 2.84. The van der Waals surface area contributed by atoms with E-state index < -0.39 is 0 Å². The summed E-state index contributed by atoms with van der Waals surface area (Å²) in [5.74, 6) is 0. The monoisotopic (exact) mass is 296 g/mol. The highest BCUT2D eigenvalue weighted by Gasteiger charge is 2.18. The Morgan fingerprint density at radius 2 is 2.00 bits per heavy atom. The fourth-order valence-corrected chi connectivity index (χ4v) is 2.07. The van der Waals surface area contributed by atoms with Crippen molar-refractivity contribution in [3.63, 3.8) is 0 Å². The molecule has 0 heterocycles. The second-order valence-corrected chi connectivity index (χ2v) is 6.05. The molecule has 0 aliphatic heterocycles. The summed E-state index contributed by atoms with van der Waals surface area (Å²) in [6.45, 7) is 10.0. The van der Waals surface area contributed by atoms with Crippen molar-refractivity contribution in [2.45, 2.75) is 39.7 Å². The Kier molecular flexibility index (Phi) is 5.41. The van der Waals surface area contributed by atoms with Crippen molar-refractivity contribution in [1.29, 1.82) is 0 Å². The van der Waals surface area contributed by atoms with E-state index in [1.54, 1.807) is 0 Å². The highest BCUT2D eigenvalue weighted by Crippen LogP contribution is 2.29. The van der Waals surface area contributed by atoms with Crippen LogP contribution in [0.4, 0.5) is 0 Å². The molecule has 0 N–H and O–H groups in total. The van der Waals surface area contributed by atoms with E-state index in [2.05, 4.69) is 54.9 Å². The van der Waals surface area contributed by atoms with Crippen molar-refractivity contribution in [3.8, 4) is 0 Å². The van der Waals surface area contributed by atoms with Crippen LogP contribution in [0.15, 0.2) is 34.8 Å². The van der Waals surface area contributed by atoms with Gasteiger partial charge in [0.25, 0.3) is 0 Å². The van der Waals surface area contributed by atoms with E-state index in [1.807, 2.05) is 19.1 Å². The van der Waals surface area contributed by atoms with Crippen LogP contribution in [0.5, 0.6) is 0 Å². The molecule has 94 valence electrons.